The van der Waals surface area contributed by atoms with Gasteiger partial charge in [0.15, 0.2) is 0 Å². The van der Waals surface area contributed by atoms with Gasteiger partial charge in [-0.2, -0.15) is 0 Å². The van der Waals surface area contributed by atoms with Gasteiger partial charge in [-0.25, -0.2) is 0 Å². The van der Waals surface area contributed by atoms with E-state index in [1.807, 2.05) is 0 Å². The molecule has 0 aliphatic carbocycles. The van der Waals surface area contributed by atoms with E-state index in [9.17, 15) is 0 Å². The van der Waals surface area contributed by atoms with Gasteiger partial charge in [-0.15, -0.1) is 0 Å². The Morgan fingerprint density at radius 2 is 0.875 bits per heavy atom. The number of likely N-dealkylation sites (N-methyl/N-ethyl adjacent to an activating group) is 3. The third-order valence-electron chi connectivity index (χ3n) is 2.11. The molecular weight excluding hydrogens is 198 g/mol. The first-order valence-electron chi connectivity index (χ1n) is 5.80. The second-order valence-corrected chi connectivity index (χ2v) is 4.69. The van der Waals surface area contributed by atoms with Crippen LogP contribution in [0.1, 0.15) is 0 Å². The van der Waals surface area contributed by atoms with Crippen LogP contribution in [-0.2, 0) is 0 Å². The van der Waals surface area contributed by atoms with Crippen LogP contribution in [0.2, 0.25) is 0 Å². The van der Waals surface area contributed by atoms with Crippen molar-refractivity contribution in [3.8, 4) is 0 Å². The summed E-state index contributed by atoms with van der Waals surface area (Å²) < 4.78 is 0. The van der Waals surface area contributed by atoms with Gasteiger partial charge in [0.2, 0.25) is 0 Å². The topological polar surface area (TPSA) is 9.72 Å². The summed E-state index contributed by atoms with van der Waals surface area (Å²) in [5.41, 5.74) is 0. The Morgan fingerprint density at radius 1 is 0.562 bits per heavy atom. The molecule has 0 rings (SSSR count). The van der Waals surface area contributed by atoms with E-state index in [4.69, 9.17) is 0 Å². The molecule has 0 unspecified atom stereocenters. The molecule has 16 heavy (non-hydrogen) atoms. The number of hydrogen-bond donors (Lipinski definition) is 0. The molecule has 0 atom stereocenters. The molecule has 0 saturated heterocycles. The second-order valence-electron chi connectivity index (χ2n) is 4.69. The van der Waals surface area contributed by atoms with Gasteiger partial charge >= 0.3 is 0 Å². The SMILES string of the molecule is CN(C)CC=CCN(C)CC=CCN(C)C. The van der Waals surface area contributed by atoms with Crippen LogP contribution in [-0.4, -0.2) is 76.1 Å². The molecule has 0 aromatic heterocycles. The maximum Gasteiger partial charge on any atom is 0.0163 e. The van der Waals surface area contributed by atoms with Crippen molar-refractivity contribution < 1.29 is 0 Å². The molecule has 94 valence electrons. The van der Waals surface area contributed by atoms with Gasteiger partial charge in [0.05, 0.1) is 0 Å². The lowest BCUT2D eigenvalue weighted by atomic mass is 10.4. The highest BCUT2D eigenvalue weighted by Gasteiger charge is 1.91. The fraction of sp³-hybridized carbons (Fsp3) is 0.692. The molecule has 0 saturated carbocycles. The van der Waals surface area contributed by atoms with E-state index in [1.54, 1.807) is 0 Å². The van der Waals surface area contributed by atoms with Crippen LogP contribution >= 0.6 is 0 Å². The summed E-state index contributed by atoms with van der Waals surface area (Å²) in [6, 6.07) is 0. The quantitative estimate of drug-likeness (QED) is 0.574. The minimum atomic E-state index is 1.01. The van der Waals surface area contributed by atoms with Gasteiger partial charge in [-0.1, -0.05) is 24.3 Å². The summed E-state index contributed by atoms with van der Waals surface area (Å²) in [6.45, 7) is 4.06. The monoisotopic (exact) mass is 225 g/mol. The molecule has 0 amide bonds. The van der Waals surface area contributed by atoms with Crippen molar-refractivity contribution in [1.82, 2.24) is 14.7 Å². The maximum absolute atomic E-state index is 2.29. The maximum atomic E-state index is 2.29. The van der Waals surface area contributed by atoms with Gasteiger partial charge in [0.25, 0.3) is 0 Å². The molecule has 0 spiro atoms. The molecule has 0 aliphatic rings. The third kappa shape index (κ3) is 11.4. The molecule has 3 heteroatoms. The summed E-state index contributed by atoms with van der Waals surface area (Å²) in [4.78, 5) is 6.61. The van der Waals surface area contributed by atoms with Crippen molar-refractivity contribution in [2.75, 3.05) is 61.4 Å². The summed E-state index contributed by atoms with van der Waals surface area (Å²) in [6.07, 6.45) is 8.86. The Balaban J connectivity index is 3.54. The van der Waals surface area contributed by atoms with Gasteiger partial charge < -0.3 is 9.80 Å². The van der Waals surface area contributed by atoms with Crippen LogP contribution in [0.3, 0.4) is 0 Å². The first kappa shape index (κ1) is 15.4. The summed E-state index contributed by atoms with van der Waals surface area (Å²) in [5, 5.41) is 0. The fourth-order valence-corrected chi connectivity index (χ4v) is 1.15. The minimum absolute atomic E-state index is 1.01. The minimum Gasteiger partial charge on any atom is -0.306 e. The van der Waals surface area contributed by atoms with Crippen molar-refractivity contribution >= 4 is 0 Å². The molecule has 0 N–H and O–H groups in total. The Bertz CT molecular complexity index is 185. The third-order valence-corrected chi connectivity index (χ3v) is 2.11. The van der Waals surface area contributed by atoms with Crippen LogP contribution in [0.5, 0.6) is 0 Å². The number of hydrogen-bond acceptors (Lipinski definition) is 3. The normalized spacial score (nSPS) is 13.0. The summed E-state index contributed by atoms with van der Waals surface area (Å²) in [7, 11) is 10.5. The Labute approximate surface area is 101 Å². The standard InChI is InChI=1S/C13H27N3/c1-14(2)10-6-8-12-16(5)13-9-7-11-15(3)4/h6-9H,10-13H2,1-5H3. The highest BCUT2D eigenvalue weighted by Crippen LogP contribution is 1.87. The smallest absolute Gasteiger partial charge is 0.0163 e. The molecule has 0 bridgehead atoms. The zero-order valence-corrected chi connectivity index (χ0v) is 11.5. The van der Waals surface area contributed by atoms with E-state index >= 15 is 0 Å². The van der Waals surface area contributed by atoms with E-state index in [-0.39, 0.29) is 0 Å². The number of nitrogens with zero attached hydrogens (tertiary/aromatic N) is 3. The fourth-order valence-electron chi connectivity index (χ4n) is 1.15. The van der Waals surface area contributed by atoms with Crippen LogP contribution in [0.25, 0.3) is 0 Å². The lowest BCUT2D eigenvalue weighted by Gasteiger charge is -2.12. The zero-order chi connectivity index (χ0) is 12.4. The Hall–Kier alpha value is -0.640. The molecule has 3 nitrogen and oxygen atoms in total. The van der Waals surface area contributed by atoms with Crippen molar-refractivity contribution in [1.29, 1.82) is 0 Å². The predicted octanol–water partition coefficient (Wildman–Crippen LogP) is 1.15. The Morgan fingerprint density at radius 3 is 1.19 bits per heavy atom. The zero-order valence-electron chi connectivity index (χ0n) is 11.5. The molecule has 0 radical (unpaired) electrons. The molecular formula is C13H27N3. The lowest BCUT2D eigenvalue weighted by molar-refractivity contribution is 0.407. The van der Waals surface area contributed by atoms with Gasteiger partial charge in [0, 0.05) is 26.2 Å². The van der Waals surface area contributed by atoms with Gasteiger partial charge in [-0.05, 0) is 35.2 Å². The predicted molar refractivity (Wildman–Crippen MR) is 72.9 cm³/mol. The number of rotatable bonds is 8. The lowest BCUT2D eigenvalue weighted by Crippen LogP contribution is -2.19. The molecule has 0 aromatic rings. The van der Waals surface area contributed by atoms with Crippen LogP contribution in [0.15, 0.2) is 24.3 Å². The van der Waals surface area contributed by atoms with Crippen molar-refractivity contribution in [3.63, 3.8) is 0 Å². The Kier molecular flexibility index (Phi) is 9.19. The van der Waals surface area contributed by atoms with E-state index in [2.05, 4.69) is 74.2 Å². The van der Waals surface area contributed by atoms with E-state index in [1.165, 1.54) is 0 Å². The van der Waals surface area contributed by atoms with E-state index in [0.29, 0.717) is 0 Å². The largest absolute Gasteiger partial charge is 0.306 e. The highest BCUT2D eigenvalue weighted by atomic mass is 15.1. The average Bonchev–Trinajstić information content (AvgIpc) is 2.19. The first-order chi connectivity index (χ1) is 7.52. The molecule has 0 heterocycles. The summed E-state index contributed by atoms with van der Waals surface area (Å²) in [5.74, 6) is 0. The van der Waals surface area contributed by atoms with E-state index < -0.39 is 0 Å². The second kappa shape index (κ2) is 9.58. The molecule has 0 aromatic carbocycles. The van der Waals surface area contributed by atoms with Crippen LogP contribution in [0.4, 0.5) is 0 Å². The highest BCUT2D eigenvalue weighted by molar-refractivity contribution is 4.90. The average molecular weight is 225 g/mol. The van der Waals surface area contributed by atoms with E-state index in [0.717, 1.165) is 26.2 Å². The first-order valence-corrected chi connectivity index (χ1v) is 5.80. The van der Waals surface area contributed by atoms with Gasteiger partial charge in [-0.3, -0.25) is 4.90 Å². The van der Waals surface area contributed by atoms with Crippen LogP contribution in [0, 0.1) is 0 Å². The molecule has 0 fully saturated rings. The van der Waals surface area contributed by atoms with Crippen LogP contribution < -0.4 is 0 Å². The van der Waals surface area contributed by atoms with Crippen molar-refractivity contribution in [3.05, 3.63) is 24.3 Å². The summed E-state index contributed by atoms with van der Waals surface area (Å²) >= 11 is 0. The molecule has 0 aliphatic heterocycles. The van der Waals surface area contributed by atoms with Gasteiger partial charge in [0.1, 0.15) is 0 Å². The van der Waals surface area contributed by atoms with Crippen molar-refractivity contribution in [2.24, 2.45) is 0 Å². The van der Waals surface area contributed by atoms with Crippen molar-refractivity contribution in [2.45, 2.75) is 0 Å².